The maximum absolute atomic E-state index is 14.1. The Labute approximate surface area is 197 Å². The Morgan fingerprint density at radius 1 is 0.794 bits per heavy atom. The normalized spacial score (nSPS) is 13.9. The summed E-state index contributed by atoms with van der Waals surface area (Å²) in [7, 11) is 0. The molecule has 34 heavy (non-hydrogen) atoms. The summed E-state index contributed by atoms with van der Waals surface area (Å²) in [6.45, 7) is 2.56. The van der Waals surface area contributed by atoms with Gasteiger partial charge in [0.25, 0.3) is 5.91 Å². The Bertz CT molecular complexity index is 1220. The van der Waals surface area contributed by atoms with Crippen LogP contribution in [0.15, 0.2) is 42.5 Å². The van der Waals surface area contributed by atoms with Gasteiger partial charge in [0.15, 0.2) is 23.3 Å². The van der Waals surface area contributed by atoms with Crippen LogP contribution in [0, 0.1) is 36.0 Å². The lowest BCUT2D eigenvalue weighted by atomic mass is 10.1. The highest BCUT2D eigenvalue weighted by Crippen LogP contribution is 2.31. The minimum Gasteiger partial charge on any atom is -0.368 e. The van der Waals surface area contributed by atoms with Crippen LogP contribution in [-0.2, 0) is 0 Å². The molecule has 1 fully saturated rings. The van der Waals surface area contributed by atoms with Gasteiger partial charge >= 0.3 is 0 Å². The van der Waals surface area contributed by atoms with Crippen molar-refractivity contribution in [2.24, 2.45) is 0 Å². The first kappa shape index (κ1) is 23.8. The second-order valence-electron chi connectivity index (χ2n) is 7.86. The number of anilines is 3. The van der Waals surface area contributed by atoms with Crippen LogP contribution < -0.4 is 15.1 Å². The molecule has 0 saturated carbocycles. The van der Waals surface area contributed by atoms with Gasteiger partial charge in [-0.1, -0.05) is 17.7 Å². The number of hydrogen-bond acceptors (Lipinski definition) is 3. The van der Waals surface area contributed by atoms with Crippen molar-refractivity contribution in [3.05, 3.63) is 87.7 Å². The van der Waals surface area contributed by atoms with Gasteiger partial charge < -0.3 is 15.1 Å². The van der Waals surface area contributed by atoms with E-state index in [-0.39, 0.29) is 19.0 Å². The Morgan fingerprint density at radius 3 is 1.88 bits per heavy atom. The molecule has 1 N–H and O–H groups in total. The van der Waals surface area contributed by atoms with Crippen molar-refractivity contribution >= 4 is 34.6 Å². The minimum atomic E-state index is -2.17. The van der Waals surface area contributed by atoms with Gasteiger partial charge in [-0.3, -0.25) is 4.79 Å². The third-order valence-electron chi connectivity index (χ3n) is 5.71. The molecule has 0 bridgehead atoms. The van der Waals surface area contributed by atoms with E-state index >= 15 is 0 Å². The lowest BCUT2D eigenvalue weighted by Crippen LogP contribution is -2.47. The van der Waals surface area contributed by atoms with E-state index in [2.05, 4.69) is 5.32 Å². The molecule has 10 heteroatoms. The highest BCUT2D eigenvalue weighted by atomic mass is 35.5. The van der Waals surface area contributed by atoms with Crippen LogP contribution in [0.1, 0.15) is 15.9 Å². The van der Waals surface area contributed by atoms with Gasteiger partial charge in [0.2, 0.25) is 5.82 Å². The molecule has 1 aliphatic heterocycles. The summed E-state index contributed by atoms with van der Waals surface area (Å²) in [5, 5.41) is 3.28. The van der Waals surface area contributed by atoms with Crippen LogP contribution in [0.2, 0.25) is 5.02 Å². The summed E-state index contributed by atoms with van der Waals surface area (Å²) >= 11 is 6.07. The van der Waals surface area contributed by atoms with Crippen LogP contribution >= 0.6 is 11.6 Å². The molecule has 0 radical (unpaired) electrons. The summed E-state index contributed by atoms with van der Waals surface area (Å²) in [6.07, 6.45) is 0. The molecule has 4 nitrogen and oxygen atoms in total. The van der Waals surface area contributed by atoms with Gasteiger partial charge in [0, 0.05) is 48.1 Å². The third-order valence-corrected chi connectivity index (χ3v) is 6.11. The largest absolute Gasteiger partial charge is 0.368 e. The number of amides is 1. The van der Waals surface area contributed by atoms with Crippen molar-refractivity contribution in [1.82, 2.24) is 0 Å². The topological polar surface area (TPSA) is 35.6 Å². The molecule has 1 saturated heterocycles. The molecule has 4 rings (SSSR count). The molecule has 178 valence electrons. The summed E-state index contributed by atoms with van der Waals surface area (Å²) < 4.78 is 68.6. The molecule has 1 heterocycles. The van der Waals surface area contributed by atoms with Gasteiger partial charge in [-0.25, -0.2) is 22.0 Å². The number of carbonyl (C=O) groups excluding carboxylic acids is 1. The summed E-state index contributed by atoms with van der Waals surface area (Å²) in [6, 6.07) is 12.0. The molecular weight excluding hydrogens is 477 g/mol. The fourth-order valence-corrected chi connectivity index (χ4v) is 3.93. The Balaban J connectivity index is 1.41. The monoisotopic (exact) mass is 495 g/mol. The smallest absolute Gasteiger partial charge is 0.255 e. The molecule has 0 aromatic heterocycles. The Morgan fingerprint density at radius 2 is 1.32 bits per heavy atom. The van der Waals surface area contributed by atoms with E-state index in [0.29, 0.717) is 29.4 Å². The number of aryl methyl sites for hydroxylation is 1. The number of nitrogens with zero attached hydrogens (tertiary/aromatic N) is 2. The second-order valence-corrected chi connectivity index (χ2v) is 8.26. The lowest BCUT2D eigenvalue weighted by molar-refractivity contribution is 0.102. The van der Waals surface area contributed by atoms with Gasteiger partial charge in [-0.15, -0.1) is 0 Å². The zero-order valence-corrected chi connectivity index (χ0v) is 18.7. The van der Waals surface area contributed by atoms with Crippen molar-refractivity contribution < 1.29 is 26.7 Å². The fourth-order valence-electron chi connectivity index (χ4n) is 3.75. The molecule has 0 atom stereocenters. The first-order chi connectivity index (χ1) is 16.2. The van der Waals surface area contributed by atoms with Crippen molar-refractivity contribution in [2.45, 2.75) is 6.92 Å². The van der Waals surface area contributed by atoms with Gasteiger partial charge in [-0.2, -0.15) is 0 Å². The van der Waals surface area contributed by atoms with Gasteiger partial charge in [0.1, 0.15) is 5.69 Å². The number of nitrogens with one attached hydrogen (secondary N) is 1. The van der Waals surface area contributed by atoms with Crippen LogP contribution in [0.25, 0.3) is 0 Å². The van der Waals surface area contributed by atoms with Crippen LogP contribution in [0.5, 0.6) is 0 Å². The molecule has 3 aromatic rings. The fraction of sp³-hybridized carbons (Fsp3) is 0.208. The van der Waals surface area contributed by atoms with Gasteiger partial charge in [0.05, 0.1) is 0 Å². The first-order valence-corrected chi connectivity index (χ1v) is 10.7. The number of rotatable bonds is 4. The molecule has 3 aromatic carbocycles. The SMILES string of the molecule is Cc1ccc(C(=O)Nc2ccc(N3CCN(c4c(F)c(F)c(F)c(F)c4F)CC3)cc2)cc1Cl. The molecule has 1 aliphatic rings. The average molecular weight is 496 g/mol. The molecule has 1 amide bonds. The minimum absolute atomic E-state index is 0.0605. The quantitative estimate of drug-likeness (QED) is 0.277. The molecule has 0 aliphatic carbocycles. The average Bonchev–Trinajstić information content (AvgIpc) is 2.84. The first-order valence-electron chi connectivity index (χ1n) is 10.4. The zero-order valence-electron chi connectivity index (χ0n) is 17.9. The number of benzene rings is 3. The van der Waals surface area contributed by atoms with E-state index in [4.69, 9.17) is 11.6 Å². The maximum Gasteiger partial charge on any atom is 0.255 e. The second kappa shape index (κ2) is 9.50. The van der Waals surface area contributed by atoms with E-state index < -0.39 is 34.8 Å². The van der Waals surface area contributed by atoms with Crippen LogP contribution in [0.3, 0.4) is 0 Å². The van der Waals surface area contributed by atoms with E-state index in [1.807, 2.05) is 11.8 Å². The molecular formula is C24H19ClF5N3O. The zero-order chi connectivity index (χ0) is 24.6. The van der Waals surface area contributed by atoms with E-state index in [0.717, 1.165) is 16.2 Å². The third kappa shape index (κ3) is 4.52. The van der Waals surface area contributed by atoms with Gasteiger partial charge in [-0.05, 0) is 48.9 Å². The number of hydrogen-bond donors (Lipinski definition) is 1. The van der Waals surface area contributed by atoms with E-state index in [1.54, 1.807) is 42.5 Å². The Hall–Kier alpha value is -3.33. The van der Waals surface area contributed by atoms with Crippen molar-refractivity contribution in [3.63, 3.8) is 0 Å². The maximum atomic E-state index is 14.1. The van der Waals surface area contributed by atoms with Crippen LogP contribution in [0.4, 0.5) is 39.0 Å². The van der Waals surface area contributed by atoms with E-state index in [1.165, 1.54) is 0 Å². The van der Waals surface area contributed by atoms with Crippen molar-refractivity contribution in [1.29, 1.82) is 0 Å². The lowest BCUT2D eigenvalue weighted by Gasteiger charge is -2.37. The van der Waals surface area contributed by atoms with E-state index in [9.17, 15) is 26.7 Å². The molecule has 0 unspecified atom stereocenters. The number of halogens is 6. The van der Waals surface area contributed by atoms with Crippen molar-refractivity contribution in [3.8, 4) is 0 Å². The highest BCUT2D eigenvalue weighted by Gasteiger charge is 2.30. The summed E-state index contributed by atoms with van der Waals surface area (Å²) in [5.74, 6) is -10.1. The predicted octanol–water partition coefficient (Wildman–Crippen LogP) is 5.92. The summed E-state index contributed by atoms with van der Waals surface area (Å²) in [4.78, 5) is 15.5. The standard InChI is InChI=1S/C24H19ClF5N3O/c1-13-2-3-14(12-17(13)25)24(34)31-15-4-6-16(7-5-15)32-8-10-33(11-9-32)23-21(29)19(27)18(26)20(28)22(23)30/h2-7,12H,8-11H2,1H3,(H,31,34). The van der Waals surface area contributed by atoms with Crippen molar-refractivity contribution in [2.75, 3.05) is 41.3 Å². The predicted molar refractivity (Wildman–Crippen MR) is 121 cm³/mol. The highest BCUT2D eigenvalue weighted by molar-refractivity contribution is 6.31. The number of carbonyl (C=O) groups is 1. The van der Waals surface area contributed by atoms with Crippen LogP contribution in [-0.4, -0.2) is 32.1 Å². The molecule has 0 spiro atoms. The Kier molecular flexibility index (Phi) is 6.65. The summed E-state index contributed by atoms with van der Waals surface area (Å²) in [5.41, 5.74) is 1.72. The number of piperazine rings is 1.